The number of nitrogens with one attached hydrogen (secondary N) is 10. The minimum atomic E-state index is -1.29. The number of aliphatic hydroxyl groups excluding tert-OH is 10. The molecular weight excluding hydrogens is 1820 g/mol. The number of hydrogen-bond acceptors (Lipinski definition) is 30. The molecule has 0 amide bonds. The van der Waals surface area contributed by atoms with Gasteiger partial charge in [-0.15, -0.1) is 65.9 Å². The van der Waals surface area contributed by atoms with Crippen LogP contribution in [0.5, 0.6) is 0 Å². The van der Waals surface area contributed by atoms with Crippen LogP contribution in [0.3, 0.4) is 0 Å². The minimum Gasteiger partial charge on any atom is -0.388 e. The maximum absolute atomic E-state index is 12.2. The maximum Gasteiger partial charge on any atom is 0.330 e. The lowest BCUT2D eigenvalue weighted by atomic mass is 10.0. The Bertz CT molecular complexity index is 4600. The molecule has 20 N–H and O–H groups in total. The van der Waals surface area contributed by atoms with E-state index in [9.17, 15) is 89.4 Å². The number of H-pyrrole nitrogens is 5. The summed E-state index contributed by atoms with van der Waals surface area (Å²) < 4.78 is 36.2. The first-order chi connectivity index (χ1) is 60.7. The summed E-state index contributed by atoms with van der Waals surface area (Å²) in [6.07, 6.45) is 21.3. The van der Waals surface area contributed by atoms with Gasteiger partial charge in [-0.2, -0.15) is 0 Å². The average Bonchev–Trinajstić information content (AvgIpc) is 1.62. The summed E-state index contributed by atoms with van der Waals surface area (Å²) in [6, 6.07) is 0. The summed E-state index contributed by atoms with van der Waals surface area (Å²) in [4.78, 5) is 109. The van der Waals surface area contributed by atoms with Gasteiger partial charge < -0.3 is 96.0 Å². The number of ether oxygens (including phenoxy) is 5. The molecule has 130 heavy (non-hydrogen) atoms. The lowest BCUT2D eigenvalue weighted by Crippen LogP contribution is -2.39. The van der Waals surface area contributed by atoms with Crippen molar-refractivity contribution in [3.63, 3.8) is 0 Å². The van der Waals surface area contributed by atoms with Crippen LogP contribution in [-0.4, -0.2) is 352 Å². The molecule has 0 aromatic carbocycles. The lowest BCUT2D eigenvalue weighted by molar-refractivity contribution is -0.0404. The second-order valence-corrected chi connectivity index (χ2v) is 59.8. The molecule has 5 aromatic heterocycles. The molecule has 5 aliphatic heterocycles. The van der Waals surface area contributed by atoms with Crippen LogP contribution in [0.15, 0.2) is 69.3 Å². The van der Waals surface area contributed by atoms with Gasteiger partial charge in [-0.05, 0) is 219 Å². The van der Waals surface area contributed by atoms with Gasteiger partial charge in [0, 0.05) is 79.4 Å². The van der Waals surface area contributed by atoms with Crippen molar-refractivity contribution in [3.05, 3.63) is 152 Å². The maximum atomic E-state index is 12.2. The Kier molecular flexibility index (Phi) is 45.4. The van der Waals surface area contributed by atoms with Crippen LogP contribution < -0.4 is 71.4 Å². The quantitative estimate of drug-likeness (QED) is 0.0150. The molecule has 5 fully saturated rings. The van der Waals surface area contributed by atoms with Crippen molar-refractivity contribution in [1.29, 1.82) is 0 Å². The second kappa shape index (κ2) is 51.9. The lowest BCUT2D eigenvalue weighted by Gasteiger charge is -2.20. The predicted molar refractivity (Wildman–Crippen MR) is 532 cm³/mol. The number of nitrogens with zero attached hydrogens (tertiary/aromatic N) is 5. The van der Waals surface area contributed by atoms with E-state index in [0.29, 0.717) is 80.5 Å². The molecule has 0 saturated carbocycles. The van der Waals surface area contributed by atoms with Gasteiger partial charge in [0.05, 0.1) is 42.8 Å². The first-order valence-corrected chi connectivity index (χ1v) is 60.5. The fraction of sp³-hybridized carbons (Fsp3) is 0.706. The molecule has 10 rings (SSSR count). The van der Waals surface area contributed by atoms with Crippen molar-refractivity contribution in [2.45, 2.75) is 254 Å². The standard InChI is InChI=1S/3C17H30N3O5P.2C17H30N3O4PS/c1-5-7-18-10-20-9-11(16(23)19-17(20)24)15-14(22)13(21)12(25-15)6-8-26(2,3)4;2*1-5-7-18-9-11-10-20(17(24)19-15(11)23)16-14(22)13(21)12(25-16)6-8-26(2,3)4;2*1-5-7-18-9-11-10-20(17(26)19-15(11)23)16-14(22)13(21)12(24-16)6-8-25(2,3)4/h9,12-15,18,21-22H,2,5-8,10H2,1,3-4H3,(H,19,23,24);2*10,12-14,16,18,21-22H,2,5-9H2,1,3-4H3,(H,19,23,24);2*10,12-14,16,18,21-22H,2,5-9H2,1,3-4H3,(H,19,23,26)/t12-,13-,14-,15?;4*12-,13-,14-,16?/m11111/s1. The van der Waals surface area contributed by atoms with Gasteiger partial charge in [-0.3, -0.25) is 77.0 Å². The SMILES string of the molecule is C=P(C)(C)CC[C@H]1OC(c2cn(CNCCC)c(=O)[nH]c2=O)[C@H](O)[C@@H]1O.C=P(C)(C)CC[C@H]1OC(n2cc(CNCCC)c(=O)[nH]c2=O)[C@H](O)[C@@H]1O.C=P(C)(C)CC[C@H]1OC(n2cc(CNCCC)c(=O)[nH]c2=O)[C@H](O)[C@@H]1O.C=P(C)(C)CC[C@H]1OC(n2cc(CNCCC)c(=O)[nH]c2=S)[C@H](O)[C@@H]1O.C=P(C)(C)CC[C@H]1OC(n2cc(CNCCC)c(=O)[nH]c2=S)[C@H](O)[C@@H]1O. The van der Waals surface area contributed by atoms with Crippen LogP contribution >= 0.6 is 58.9 Å². The van der Waals surface area contributed by atoms with Gasteiger partial charge in [-0.1, -0.05) is 34.6 Å². The van der Waals surface area contributed by atoms with Crippen LogP contribution in [0.1, 0.15) is 158 Å². The first kappa shape index (κ1) is 114. The summed E-state index contributed by atoms with van der Waals surface area (Å²) >= 11 is 10.5. The molecule has 5 saturated heterocycles. The Morgan fingerprint density at radius 1 is 0.323 bits per heavy atom. The molecule has 20 atom stereocenters. The predicted octanol–water partition coefficient (Wildman–Crippen LogP) is 1.51. The Hall–Kier alpha value is -5.06. The van der Waals surface area contributed by atoms with Crippen molar-refractivity contribution in [3.8, 4) is 0 Å². The van der Waals surface area contributed by atoms with Crippen molar-refractivity contribution in [2.24, 2.45) is 0 Å². The van der Waals surface area contributed by atoms with Crippen molar-refractivity contribution >= 4 is 90.4 Å². The monoisotopic (exact) mass is 1970 g/mol. The minimum absolute atomic E-state index is 0.139. The van der Waals surface area contributed by atoms with E-state index in [1.165, 1.54) is 32.3 Å². The van der Waals surface area contributed by atoms with Crippen molar-refractivity contribution in [1.82, 2.24) is 74.3 Å². The highest BCUT2D eigenvalue weighted by Gasteiger charge is 2.49. The second-order valence-electron chi connectivity index (χ2n) is 37.5. The summed E-state index contributed by atoms with van der Waals surface area (Å²) in [7, 11) is 0. The third-order valence-corrected chi connectivity index (χ3v) is 30.1. The van der Waals surface area contributed by atoms with Gasteiger partial charge in [0.25, 0.3) is 27.8 Å². The molecule has 0 radical (unpaired) electrons. The molecule has 0 aliphatic carbocycles. The van der Waals surface area contributed by atoms with E-state index in [-0.39, 0.29) is 32.9 Å². The van der Waals surface area contributed by atoms with Crippen LogP contribution in [0.25, 0.3) is 0 Å². The molecule has 0 spiro atoms. The Balaban J connectivity index is 0.000000250. The number of aromatic amines is 5. The van der Waals surface area contributed by atoms with E-state index in [0.717, 1.165) is 105 Å². The van der Waals surface area contributed by atoms with Gasteiger partial charge in [-0.25, -0.2) is 14.4 Å². The van der Waals surface area contributed by atoms with E-state index in [1.807, 2.05) is 34.6 Å². The van der Waals surface area contributed by atoms with Crippen molar-refractivity contribution in [2.75, 3.05) is 130 Å². The summed E-state index contributed by atoms with van der Waals surface area (Å²) in [5, 5.41) is 119. The Morgan fingerprint density at radius 2 is 0.562 bits per heavy atom. The Morgan fingerprint density at radius 3 is 0.838 bits per heavy atom. The van der Waals surface area contributed by atoms with E-state index in [4.69, 9.17) is 48.1 Å². The normalized spacial score (nSPS) is 26.3. The molecular formula is C85H150N15O23P5S2. The van der Waals surface area contributed by atoms with Crippen LogP contribution in [0, 0.1) is 9.54 Å². The topological polar surface area (TPSA) is 549 Å². The van der Waals surface area contributed by atoms with Crippen LogP contribution in [0.4, 0.5) is 0 Å². The zero-order valence-corrected chi connectivity index (χ0v) is 84.3. The van der Waals surface area contributed by atoms with Crippen molar-refractivity contribution < 1.29 is 74.7 Å². The third kappa shape index (κ3) is 34.6. The zero-order chi connectivity index (χ0) is 97.4. The fourth-order valence-electron chi connectivity index (χ4n) is 14.6. The number of hydrogen-bond donors (Lipinski definition) is 20. The highest BCUT2D eigenvalue weighted by Crippen LogP contribution is 2.45. The third-order valence-electron chi connectivity index (χ3n) is 22.1. The Labute approximate surface area is 771 Å². The molecule has 5 unspecified atom stereocenters. The van der Waals surface area contributed by atoms with Gasteiger partial charge >= 0.3 is 17.1 Å². The fourth-order valence-corrected chi connectivity index (χ4v) is 19.9. The molecule has 10 heterocycles. The smallest absolute Gasteiger partial charge is 0.330 e. The van der Waals surface area contributed by atoms with Crippen LogP contribution in [-0.2, 0) is 56.5 Å². The summed E-state index contributed by atoms with van der Waals surface area (Å²) in [6.45, 7) is 30.2. The van der Waals surface area contributed by atoms with E-state index >= 15 is 0 Å². The largest absolute Gasteiger partial charge is 0.388 e. The van der Waals surface area contributed by atoms with Crippen LogP contribution in [0.2, 0.25) is 0 Å². The first-order valence-electron chi connectivity index (χ1n) is 44.4. The summed E-state index contributed by atoms with van der Waals surface area (Å²) in [5.74, 6) is 0. The average molecular weight is 1970 g/mol. The van der Waals surface area contributed by atoms with E-state index < -0.39 is 191 Å². The number of rotatable bonds is 40. The molecule has 0 bridgehead atoms. The van der Waals surface area contributed by atoms with E-state index in [2.05, 4.69) is 150 Å². The van der Waals surface area contributed by atoms with Gasteiger partial charge in [0.1, 0.15) is 67.1 Å². The highest BCUT2D eigenvalue weighted by molar-refractivity contribution is 7.73. The molecule has 5 aliphatic rings. The molecule has 45 heteroatoms. The molecule has 5 aromatic rings. The number of aliphatic hydroxyl groups is 10. The molecule has 740 valence electrons. The molecule has 38 nitrogen and oxygen atoms in total. The zero-order valence-electron chi connectivity index (χ0n) is 78.2. The summed E-state index contributed by atoms with van der Waals surface area (Å²) in [5.41, 5.74) is -2.05. The van der Waals surface area contributed by atoms with Gasteiger partial charge in [0.2, 0.25) is 0 Å². The van der Waals surface area contributed by atoms with Gasteiger partial charge in [0.15, 0.2) is 34.5 Å². The number of aromatic nitrogens is 10. The van der Waals surface area contributed by atoms with E-state index in [1.54, 1.807) is 12.4 Å². The highest BCUT2D eigenvalue weighted by atomic mass is 32.1.